The number of ether oxygens (including phenoxy) is 1. The molecule has 0 saturated carbocycles. The van der Waals surface area contributed by atoms with Gasteiger partial charge >= 0.3 is 5.69 Å². The van der Waals surface area contributed by atoms with Crippen molar-refractivity contribution in [2.75, 3.05) is 7.11 Å². The molecule has 0 spiro atoms. The summed E-state index contributed by atoms with van der Waals surface area (Å²) in [4.78, 5) is 11.2. The summed E-state index contributed by atoms with van der Waals surface area (Å²) in [7, 11) is 1.38. The maximum absolute atomic E-state index is 13.5. The highest BCUT2D eigenvalue weighted by Crippen LogP contribution is 2.28. The van der Waals surface area contributed by atoms with Crippen LogP contribution < -0.4 is 10.4 Å². The van der Waals surface area contributed by atoms with Crippen molar-refractivity contribution in [3.8, 4) is 11.4 Å². The molecule has 1 heterocycles. The lowest BCUT2D eigenvalue weighted by Crippen LogP contribution is -2.17. The van der Waals surface area contributed by atoms with Crippen molar-refractivity contribution in [3.05, 3.63) is 33.5 Å². The monoisotopic (exact) mass is 244 g/mol. The van der Waals surface area contributed by atoms with Gasteiger partial charge in [-0.2, -0.15) is 4.68 Å². The SMILES string of the molecule is COc1cc(-n2nn[nH]c2=O)c(F)cc1Cl. The fourth-order valence-corrected chi connectivity index (χ4v) is 1.42. The normalized spacial score (nSPS) is 10.4. The average molecular weight is 245 g/mol. The summed E-state index contributed by atoms with van der Waals surface area (Å²) in [5.41, 5.74) is -0.733. The van der Waals surface area contributed by atoms with E-state index in [1.54, 1.807) is 0 Å². The van der Waals surface area contributed by atoms with E-state index in [9.17, 15) is 9.18 Å². The van der Waals surface area contributed by atoms with Crippen LogP contribution in [0.4, 0.5) is 4.39 Å². The topological polar surface area (TPSA) is 72.8 Å². The predicted octanol–water partition coefficient (Wildman–Crippen LogP) is 0.757. The molecule has 0 saturated heterocycles. The van der Waals surface area contributed by atoms with Crippen LogP contribution in [0.5, 0.6) is 5.75 Å². The van der Waals surface area contributed by atoms with Gasteiger partial charge in [0.25, 0.3) is 0 Å². The van der Waals surface area contributed by atoms with E-state index in [4.69, 9.17) is 16.3 Å². The van der Waals surface area contributed by atoms with Crippen LogP contribution in [0.2, 0.25) is 5.02 Å². The first-order valence-electron chi connectivity index (χ1n) is 4.17. The summed E-state index contributed by atoms with van der Waals surface area (Å²) in [6.45, 7) is 0. The zero-order valence-corrected chi connectivity index (χ0v) is 8.82. The van der Waals surface area contributed by atoms with Gasteiger partial charge in [-0.1, -0.05) is 11.6 Å². The molecular weight excluding hydrogens is 239 g/mol. The van der Waals surface area contributed by atoms with Gasteiger partial charge in [0.2, 0.25) is 0 Å². The van der Waals surface area contributed by atoms with Crippen LogP contribution in [0.1, 0.15) is 0 Å². The molecule has 1 aromatic carbocycles. The number of benzene rings is 1. The first-order chi connectivity index (χ1) is 7.63. The van der Waals surface area contributed by atoms with Crippen LogP contribution >= 0.6 is 11.6 Å². The molecule has 0 unspecified atom stereocenters. The summed E-state index contributed by atoms with van der Waals surface area (Å²) in [5, 5.41) is 8.83. The van der Waals surface area contributed by atoms with E-state index in [1.165, 1.54) is 13.2 Å². The van der Waals surface area contributed by atoms with Gasteiger partial charge < -0.3 is 4.74 Å². The molecule has 0 fully saturated rings. The third-order valence-corrected chi connectivity index (χ3v) is 2.22. The molecule has 2 aromatic rings. The van der Waals surface area contributed by atoms with E-state index in [-0.39, 0.29) is 16.5 Å². The second kappa shape index (κ2) is 3.93. The molecule has 0 aliphatic heterocycles. The van der Waals surface area contributed by atoms with Crippen LogP contribution in [0.3, 0.4) is 0 Å². The maximum Gasteiger partial charge on any atom is 0.365 e. The molecule has 0 aliphatic carbocycles. The number of aromatic amines is 1. The molecule has 0 atom stereocenters. The number of H-pyrrole nitrogens is 1. The lowest BCUT2D eigenvalue weighted by atomic mass is 10.3. The van der Waals surface area contributed by atoms with E-state index in [0.717, 1.165) is 10.7 Å². The van der Waals surface area contributed by atoms with Crippen molar-refractivity contribution in [1.29, 1.82) is 0 Å². The number of halogens is 2. The molecule has 0 radical (unpaired) electrons. The van der Waals surface area contributed by atoms with Gasteiger partial charge in [-0.3, -0.25) is 0 Å². The van der Waals surface area contributed by atoms with Crippen molar-refractivity contribution < 1.29 is 9.13 Å². The molecular formula is C8H6ClFN4O2. The number of rotatable bonds is 2. The van der Waals surface area contributed by atoms with Gasteiger partial charge in [-0.05, 0) is 16.5 Å². The van der Waals surface area contributed by atoms with Gasteiger partial charge in [0, 0.05) is 6.07 Å². The van der Waals surface area contributed by atoms with Gasteiger partial charge in [0.05, 0.1) is 12.1 Å². The van der Waals surface area contributed by atoms with E-state index in [1.807, 2.05) is 0 Å². The first kappa shape index (κ1) is 10.6. The standard InChI is InChI=1S/C8H6ClFN4O2/c1-16-7-3-6(5(10)2-4(7)9)14-8(15)11-12-13-14/h2-3H,1H3,(H,11,13,15). The second-order valence-corrected chi connectivity index (χ2v) is 3.26. The summed E-state index contributed by atoms with van der Waals surface area (Å²) in [6.07, 6.45) is 0. The van der Waals surface area contributed by atoms with Crippen molar-refractivity contribution in [2.24, 2.45) is 0 Å². The van der Waals surface area contributed by atoms with Crippen LogP contribution in [-0.2, 0) is 0 Å². The van der Waals surface area contributed by atoms with E-state index in [0.29, 0.717) is 0 Å². The maximum atomic E-state index is 13.5. The highest BCUT2D eigenvalue weighted by atomic mass is 35.5. The van der Waals surface area contributed by atoms with Crippen LogP contribution in [0.25, 0.3) is 5.69 Å². The number of nitrogens with zero attached hydrogens (tertiary/aromatic N) is 3. The number of hydrogen-bond acceptors (Lipinski definition) is 4. The highest BCUT2D eigenvalue weighted by molar-refractivity contribution is 6.32. The summed E-state index contributed by atoms with van der Waals surface area (Å²) in [5.74, 6) is -0.449. The van der Waals surface area contributed by atoms with E-state index < -0.39 is 11.5 Å². The molecule has 6 nitrogen and oxygen atoms in total. The Bertz CT molecular complexity index is 580. The van der Waals surface area contributed by atoms with Crippen LogP contribution in [0.15, 0.2) is 16.9 Å². The van der Waals surface area contributed by atoms with Crippen LogP contribution in [0, 0.1) is 5.82 Å². The number of tetrazole rings is 1. The minimum atomic E-state index is -0.693. The van der Waals surface area contributed by atoms with Gasteiger partial charge in [-0.15, -0.1) is 0 Å². The molecule has 2 rings (SSSR count). The Morgan fingerprint density at radius 1 is 1.56 bits per heavy atom. The quantitative estimate of drug-likeness (QED) is 0.846. The Kier molecular flexibility index (Phi) is 2.61. The Hall–Kier alpha value is -1.89. The number of methoxy groups -OCH3 is 1. The number of nitrogens with one attached hydrogen (secondary N) is 1. The predicted molar refractivity (Wildman–Crippen MR) is 53.5 cm³/mol. The molecule has 1 N–H and O–H groups in total. The number of aromatic nitrogens is 4. The third-order valence-electron chi connectivity index (χ3n) is 1.92. The molecule has 0 bridgehead atoms. The van der Waals surface area contributed by atoms with Crippen molar-refractivity contribution in [1.82, 2.24) is 20.2 Å². The summed E-state index contributed by atoms with van der Waals surface area (Å²) >= 11 is 5.71. The van der Waals surface area contributed by atoms with E-state index in [2.05, 4.69) is 15.5 Å². The fraction of sp³-hybridized carbons (Fsp3) is 0.125. The average Bonchev–Trinajstić information content (AvgIpc) is 2.65. The third kappa shape index (κ3) is 1.65. The Morgan fingerprint density at radius 2 is 2.31 bits per heavy atom. The smallest absolute Gasteiger partial charge is 0.365 e. The molecule has 0 aliphatic rings. The zero-order chi connectivity index (χ0) is 11.7. The molecule has 16 heavy (non-hydrogen) atoms. The second-order valence-electron chi connectivity index (χ2n) is 2.86. The Balaban J connectivity index is 2.66. The fourth-order valence-electron chi connectivity index (χ4n) is 1.19. The largest absolute Gasteiger partial charge is 0.495 e. The van der Waals surface area contributed by atoms with Crippen LogP contribution in [-0.4, -0.2) is 27.3 Å². The van der Waals surface area contributed by atoms with Gasteiger partial charge in [0.15, 0.2) is 5.82 Å². The minimum absolute atomic E-state index is 0.0833. The molecule has 84 valence electrons. The van der Waals surface area contributed by atoms with Gasteiger partial charge in [-0.25, -0.2) is 14.3 Å². The van der Waals surface area contributed by atoms with Crippen molar-refractivity contribution in [2.45, 2.75) is 0 Å². The number of hydrogen-bond donors (Lipinski definition) is 1. The molecule has 1 aromatic heterocycles. The van der Waals surface area contributed by atoms with Gasteiger partial charge in [0.1, 0.15) is 11.4 Å². The zero-order valence-electron chi connectivity index (χ0n) is 8.07. The summed E-state index contributed by atoms with van der Waals surface area (Å²) < 4.78 is 19.2. The summed E-state index contributed by atoms with van der Waals surface area (Å²) in [6, 6.07) is 2.30. The van der Waals surface area contributed by atoms with Crippen molar-refractivity contribution >= 4 is 11.6 Å². The lowest BCUT2D eigenvalue weighted by molar-refractivity contribution is 0.413. The first-order valence-corrected chi connectivity index (χ1v) is 4.55. The minimum Gasteiger partial charge on any atom is -0.495 e. The Morgan fingerprint density at radius 3 is 2.88 bits per heavy atom. The van der Waals surface area contributed by atoms with E-state index >= 15 is 0 Å². The molecule has 8 heteroatoms. The highest BCUT2D eigenvalue weighted by Gasteiger charge is 2.13. The van der Waals surface area contributed by atoms with Crippen molar-refractivity contribution in [3.63, 3.8) is 0 Å². The Labute approximate surface area is 93.6 Å². The lowest BCUT2D eigenvalue weighted by Gasteiger charge is -2.06. The molecule has 0 amide bonds.